The highest BCUT2D eigenvalue weighted by molar-refractivity contribution is 6.01. The number of benzene rings is 1. The first-order valence-corrected chi connectivity index (χ1v) is 7.59. The molecule has 0 amide bonds. The number of carbonyl (C=O) groups excluding carboxylic acids is 1. The van der Waals surface area contributed by atoms with Crippen molar-refractivity contribution in [1.82, 2.24) is 0 Å². The Balaban J connectivity index is 1.48. The summed E-state index contributed by atoms with van der Waals surface area (Å²) in [5.74, 6) is 3.88. The van der Waals surface area contributed by atoms with Gasteiger partial charge in [-0.25, -0.2) is 0 Å². The second kappa shape index (κ2) is 4.36. The predicted octanol–water partition coefficient (Wildman–Crippen LogP) is 3.63. The molecule has 3 atom stereocenters. The molecule has 3 aliphatic rings. The molecule has 100 valence electrons. The molecule has 3 aliphatic carbocycles. The molecule has 0 radical (unpaired) electrons. The Hall–Kier alpha value is -1.31. The Morgan fingerprint density at radius 3 is 2.89 bits per heavy atom. The van der Waals surface area contributed by atoms with Gasteiger partial charge in [-0.05, 0) is 49.5 Å². The van der Waals surface area contributed by atoms with Crippen LogP contribution in [0.5, 0.6) is 5.75 Å². The van der Waals surface area contributed by atoms with E-state index < -0.39 is 0 Å². The quantitative estimate of drug-likeness (QED) is 0.825. The van der Waals surface area contributed by atoms with Gasteiger partial charge in [-0.1, -0.05) is 18.6 Å². The molecule has 2 saturated carbocycles. The first-order chi connectivity index (χ1) is 9.31. The van der Waals surface area contributed by atoms with Crippen molar-refractivity contribution in [3.05, 3.63) is 29.3 Å². The lowest BCUT2D eigenvalue weighted by atomic mass is 9.89. The molecule has 0 aliphatic heterocycles. The smallest absolute Gasteiger partial charge is 0.163 e. The number of carbonyl (C=O) groups is 1. The van der Waals surface area contributed by atoms with Crippen LogP contribution in [-0.2, 0) is 6.42 Å². The van der Waals surface area contributed by atoms with Crippen LogP contribution >= 0.6 is 0 Å². The third kappa shape index (κ3) is 1.89. The lowest BCUT2D eigenvalue weighted by Gasteiger charge is -2.22. The summed E-state index contributed by atoms with van der Waals surface area (Å²) in [5.41, 5.74) is 2.04. The molecule has 0 saturated heterocycles. The van der Waals surface area contributed by atoms with Crippen LogP contribution in [0.4, 0.5) is 0 Å². The van der Waals surface area contributed by atoms with Gasteiger partial charge < -0.3 is 4.74 Å². The standard InChI is InChI=1S/C17H20O2/c18-16-7-6-15-14(16)2-1-3-17(15)19-10-13-9-11-4-5-12(13)8-11/h1-3,11-13H,4-10H2. The monoisotopic (exact) mass is 256 g/mol. The van der Waals surface area contributed by atoms with E-state index in [9.17, 15) is 4.79 Å². The first-order valence-electron chi connectivity index (χ1n) is 7.59. The SMILES string of the molecule is O=C1CCc2c(OCC3CC4CCC3C4)cccc21. The highest BCUT2D eigenvalue weighted by atomic mass is 16.5. The lowest BCUT2D eigenvalue weighted by Crippen LogP contribution is -2.18. The van der Waals surface area contributed by atoms with E-state index in [4.69, 9.17) is 4.74 Å². The first kappa shape index (κ1) is 11.5. The molecule has 2 nitrogen and oxygen atoms in total. The molecule has 0 aromatic heterocycles. The summed E-state index contributed by atoms with van der Waals surface area (Å²) < 4.78 is 6.08. The van der Waals surface area contributed by atoms with Crippen LogP contribution in [0.1, 0.15) is 48.0 Å². The van der Waals surface area contributed by atoms with Gasteiger partial charge in [-0.3, -0.25) is 4.79 Å². The largest absolute Gasteiger partial charge is 0.493 e. The van der Waals surface area contributed by atoms with Crippen molar-refractivity contribution in [1.29, 1.82) is 0 Å². The summed E-state index contributed by atoms with van der Waals surface area (Å²) in [4.78, 5) is 11.7. The van der Waals surface area contributed by atoms with Crippen molar-refractivity contribution in [3.63, 3.8) is 0 Å². The van der Waals surface area contributed by atoms with Gasteiger partial charge in [-0.2, -0.15) is 0 Å². The molecule has 3 unspecified atom stereocenters. The van der Waals surface area contributed by atoms with E-state index in [-0.39, 0.29) is 5.78 Å². The van der Waals surface area contributed by atoms with E-state index in [0.29, 0.717) is 6.42 Å². The van der Waals surface area contributed by atoms with Gasteiger partial charge in [0.1, 0.15) is 5.75 Å². The molecular formula is C17H20O2. The highest BCUT2D eigenvalue weighted by Crippen LogP contribution is 2.48. The Bertz CT molecular complexity index is 520. The predicted molar refractivity (Wildman–Crippen MR) is 73.5 cm³/mol. The van der Waals surface area contributed by atoms with E-state index >= 15 is 0 Å². The van der Waals surface area contributed by atoms with Crippen molar-refractivity contribution in [2.45, 2.75) is 38.5 Å². The fourth-order valence-corrected chi connectivity index (χ4v) is 4.37. The van der Waals surface area contributed by atoms with Gasteiger partial charge in [0.05, 0.1) is 6.61 Å². The molecular weight excluding hydrogens is 236 g/mol. The molecule has 1 aromatic rings. The number of Topliss-reactive ketones (excluding diaryl/α,β-unsaturated/α-hetero) is 1. The number of rotatable bonds is 3. The van der Waals surface area contributed by atoms with Gasteiger partial charge in [0.2, 0.25) is 0 Å². The molecule has 0 spiro atoms. The van der Waals surface area contributed by atoms with Crippen molar-refractivity contribution in [2.75, 3.05) is 6.61 Å². The van der Waals surface area contributed by atoms with Gasteiger partial charge in [-0.15, -0.1) is 0 Å². The van der Waals surface area contributed by atoms with Crippen LogP contribution in [0, 0.1) is 17.8 Å². The van der Waals surface area contributed by atoms with Crippen LogP contribution in [0.25, 0.3) is 0 Å². The molecule has 2 heteroatoms. The number of ether oxygens (including phenoxy) is 1. The topological polar surface area (TPSA) is 26.3 Å². The fraction of sp³-hybridized carbons (Fsp3) is 0.588. The van der Waals surface area contributed by atoms with E-state index in [1.165, 1.54) is 25.7 Å². The van der Waals surface area contributed by atoms with E-state index in [1.807, 2.05) is 18.2 Å². The summed E-state index contributed by atoms with van der Waals surface area (Å²) in [6, 6.07) is 5.93. The molecule has 2 fully saturated rings. The van der Waals surface area contributed by atoms with Crippen molar-refractivity contribution in [3.8, 4) is 5.75 Å². The summed E-state index contributed by atoms with van der Waals surface area (Å²) in [7, 11) is 0. The van der Waals surface area contributed by atoms with E-state index in [0.717, 1.165) is 47.7 Å². The Kier molecular flexibility index (Phi) is 2.64. The third-order valence-electron chi connectivity index (χ3n) is 5.37. The summed E-state index contributed by atoms with van der Waals surface area (Å²) in [6.07, 6.45) is 7.16. The maximum atomic E-state index is 11.7. The number of hydrogen-bond acceptors (Lipinski definition) is 2. The third-order valence-corrected chi connectivity index (χ3v) is 5.37. The zero-order chi connectivity index (χ0) is 12.8. The molecule has 2 bridgehead atoms. The number of hydrogen-bond donors (Lipinski definition) is 0. The van der Waals surface area contributed by atoms with Crippen LogP contribution in [0.15, 0.2) is 18.2 Å². The van der Waals surface area contributed by atoms with Crippen LogP contribution < -0.4 is 4.74 Å². The van der Waals surface area contributed by atoms with Crippen molar-refractivity contribution in [2.24, 2.45) is 17.8 Å². The summed E-state index contributed by atoms with van der Waals surface area (Å²) in [5, 5.41) is 0. The second-order valence-electron chi connectivity index (χ2n) is 6.45. The van der Waals surface area contributed by atoms with E-state index in [1.54, 1.807) is 0 Å². The average Bonchev–Trinajstić information content (AvgIpc) is 3.12. The Morgan fingerprint density at radius 1 is 1.16 bits per heavy atom. The van der Waals surface area contributed by atoms with Gasteiger partial charge >= 0.3 is 0 Å². The van der Waals surface area contributed by atoms with Gasteiger partial charge in [0.25, 0.3) is 0 Å². The van der Waals surface area contributed by atoms with Crippen molar-refractivity contribution >= 4 is 5.78 Å². The van der Waals surface area contributed by atoms with E-state index in [2.05, 4.69) is 0 Å². The molecule has 1 aromatic carbocycles. The minimum absolute atomic E-state index is 0.278. The minimum Gasteiger partial charge on any atom is -0.493 e. The maximum absolute atomic E-state index is 11.7. The zero-order valence-corrected chi connectivity index (χ0v) is 11.2. The Morgan fingerprint density at radius 2 is 2.11 bits per heavy atom. The Labute approximate surface area is 114 Å². The molecule has 0 heterocycles. The molecule has 19 heavy (non-hydrogen) atoms. The molecule has 0 N–H and O–H groups in total. The average molecular weight is 256 g/mol. The number of ketones is 1. The van der Waals surface area contributed by atoms with Crippen LogP contribution in [-0.4, -0.2) is 12.4 Å². The zero-order valence-electron chi connectivity index (χ0n) is 11.2. The maximum Gasteiger partial charge on any atom is 0.163 e. The highest BCUT2D eigenvalue weighted by Gasteiger charge is 2.39. The van der Waals surface area contributed by atoms with Gasteiger partial charge in [0.15, 0.2) is 5.78 Å². The minimum atomic E-state index is 0.278. The van der Waals surface area contributed by atoms with Crippen LogP contribution in [0.2, 0.25) is 0 Å². The van der Waals surface area contributed by atoms with Gasteiger partial charge in [0, 0.05) is 17.5 Å². The summed E-state index contributed by atoms with van der Waals surface area (Å²) >= 11 is 0. The van der Waals surface area contributed by atoms with Crippen LogP contribution in [0.3, 0.4) is 0 Å². The second-order valence-corrected chi connectivity index (χ2v) is 6.45. The lowest BCUT2D eigenvalue weighted by molar-refractivity contribution is 0.0994. The summed E-state index contributed by atoms with van der Waals surface area (Å²) in [6.45, 7) is 0.853. The fourth-order valence-electron chi connectivity index (χ4n) is 4.37. The van der Waals surface area contributed by atoms with Crippen molar-refractivity contribution < 1.29 is 9.53 Å². The normalized spacial score (nSPS) is 31.8. The number of fused-ring (bicyclic) bond motifs is 3. The molecule has 4 rings (SSSR count).